The number of nitrogens with zero attached hydrogens (tertiary/aromatic N) is 2. The molecule has 0 radical (unpaired) electrons. The smallest absolute Gasteiger partial charge is 0.287 e. The van der Waals surface area contributed by atoms with E-state index in [0.29, 0.717) is 30.7 Å². The van der Waals surface area contributed by atoms with Crippen molar-refractivity contribution in [1.29, 1.82) is 0 Å². The molecule has 3 heterocycles. The van der Waals surface area contributed by atoms with Gasteiger partial charge in [0.2, 0.25) is 0 Å². The maximum Gasteiger partial charge on any atom is 0.287 e. The highest BCUT2D eigenvalue weighted by molar-refractivity contribution is 5.93. The molecule has 0 spiro atoms. The minimum absolute atomic E-state index is 0.00107. The van der Waals surface area contributed by atoms with E-state index in [4.69, 9.17) is 9.15 Å². The monoisotopic (exact) mass is 365 g/mol. The zero-order valence-corrected chi connectivity index (χ0v) is 14.7. The lowest BCUT2D eigenvalue weighted by Gasteiger charge is -2.28. The average Bonchev–Trinajstić information content (AvgIpc) is 2.73. The lowest BCUT2D eigenvalue weighted by molar-refractivity contribution is 0.0923. The fraction of sp³-hybridized carbons (Fsp3) is 0.250. The molecule has 27 heavy (non-hydrogen) atoms. The summed E-state index contributed by atoms with van der Waals surface area (Å²) in [7, 11) is 0. The van der Waals surface area contributed by atoms with E-state index in [1.807, 2.05) is 12.1 Å². The molecule has 0 aliphatic carbocycles. The predicted molar refractivity (Wildman–Crippen MR) is 101 cm³/mol. The first-order valence-electron chi connectivity index (χ1n) is 8.79. The standard InChI is InChI=1S/C20H19N3O4/c24-16-12-18(27-17-4-2-1-3-15(16)17)20(25)22-13-14-5-6-21-19(11-14)23-7-9-26-10-8-23/h1-6,11-12H,7-10,13H2,(H,22,25). The number of rotatable bonds is 4. The molecule has 7 nitrogen and oxygen atoms in total. The second kappa shape index (κ2) is 7.59. The van der Waals surface area contributed by atoms with Gasteiger partial charge in [0.1, 0.15) is 11.4 Å². The average molecular weight is 365 g/mol. The molecular formula is C20H19N3O4. The second-order valence-electron chi connectivity index (χ2n) is 6.28. The number of ether oxygens (including phenoxy) is 1. The van der Waals surface area contributed by atoms with Crippen LogP contribution in [0.15, 0.2) is 57.9 Å². The number of pyridine rings is 1. The second-order valence-corrected chi connectivity index (χ2v) is 6.28. The lowest BCUT2D eigenvalue weighted by atomic mass is 10.2. The van der Waals surface area contributed by atoms with E-state index < -0.39 is 5.91 Å². The maximum absolute atomic E-state index is 12.4. The fourth-order valence-electron chi connectivity index (χ4n) is 3.02. The van der Waals surface area contributed by atoms with Crippen LogP contribution in [0.2, 0.25) is 0 Å². The summed E-state index contributed by atoms with van der Waals surface area (Å²) in [5, 5.41) is 3.25. The summed E-state index contributed by atoms with van der Waals surface area (Å²) in [5.41, 5.74) is 1.08. The fourth-order valence-corrected chi connectivity index (χ4v) is 3.02. The number of para-hydroxylation sites is 1. The first-order valence-corrected chi connectivity index (χ1v) is 8.79. The number of amides is 1. The summed E-state index contributed by atoms with van der Waals surface area (Å²) < 4.78 is 10.9. The number of morpholine rings is 1. The maximum atomic E-state index is 12.4. The summed E-state index contributed by atoms with van der Waals surface area (Å²) in [6.07, 6.45) is 1.72. The van der Waals surface area contributed by atoms with Crippen molar-refractivity contribution in [2.75, 3.05) is 31.2 Å². The van der Waals surface area contributed by atoms with Gasteiger partial charge < -0.3 is 19.4 Å². The van der Waals surface area contributed by atoms with E-state index in [-0.39, 0.29) is 11.2 Å². The normalized spacial score (nSPS) is 14.3. The Morgan fingerprint density at radius 2 is 1.96 bits per heavy atom. The third-order valence-electron chi connectivity index (χ3n) is 4.46. The van der Waals surface area contributed by atoms with Crippen molar-refractivity contribution in [1.82, 2.24) is 10.3 Å². The van der Waals surface area contributed by atoms with E-state index in [0.717, 1.165) is 24.5 Å². The Morgan fingerprint density at radius 3 is 2.81 bits per heavy atom. The molecule has 0 bridgehead atoms. The SMILES string of the molecule is O=C(NCc1ccnc(N2CCOCC2)c1)c1cc(=O)c2ccccc2o1. The Kier molecular flexibility index (Phi) is 4.84. The van der Waals surface area contributed by atoms with Gasteiger partial charge in [0.15, 0.2) is 11.2 Å². The van der Waals surface area contributed by atoms with Gasteiger partial charge in [-0.15, -0.1) is 0 Å². The Balaban J connectivity index is 1.47. The molecule has 7 heteroatoms. The van der Waals surface area contributed by atoms with Crippen molar-refractivity contribution in [2.45, 2.75) is 6.54 Å². The van der Waals surface area contributed by atoms with Crippen LogP contribution in [0.1, 0.15) is 16.1 Å². The van der Waals surface area contributed by atoms with E-state index in [1.54, 1.807) is 30.5 Å². The van der Waals surface area contributed by atoms with Crippen molar-refractivity contribution in [3.05, 3.63) is 70.2 Å². The van der Waals surface area contributed by atoms with Crippen LogP contribution in [0, 0.1) is 0 Å². The number of hydrogen-bond acceptors (Lipinski definition) is 6. The van der Waals surface area contributed by atoms with E-state index in [2.05, 4.69) is 15.2 Å². The molecule has 3 aromatic rings. The zero-order chi connectivity index (χ0) is 18.6. The van der Waals surface area contributed by atoms with Gasteiger partial charge in [0.05, 0.1) is 18.6 Å². The minimum atomic E-state index is -0.428. The molecule has 0 atom stereocenters. The van der Waals surface area contributed by atoms with Gasteiger partial charge in [0.25, 0.3) is 5.91 Å². The summed E-state index contributed by atoms with van der Waals surface area (Å²) in [6, 6.07) is 11.9. The van der Waals surface area contributed by atoms with Crippen molar-refractivity contribution in [3.8, 4) is 0 Å². The van der Waals surface area contributed by atoms with Crippen LogP contribution in [0.4, 0.5) is 5.82 Å². The number of fused-ring (bicyclic) bond motifs is 1. The quantitative estimate of drug-likeness (QED) is 0.761. The highest BCUT2D eigenvalue weighted by Crippen LogP contribution is 2.15. The molecular weight excluding hydrogens is 346 g/mol. The molecule has 0 saturated carbocycles. The predicted octanol–water partition coefficient (Wildman–Crippen LogP) is 1.95. The molecule has 2 aromatic heterocycles. The largest absolute Gasteiger partial charge is 0.451 e. The van der Waals surface area contributed by atoms with Gasteiger partial charge in [-0.1, -0.05) is 12.1 Å². The van der Waals surface area contributed by atoms with E-state index in [9.17, 15) is 9.59 Å². The molecule has 1 aromatic carbocycles. The third-order valence-corrected chi connectivity index (χ3v) is 4.46. The molecule has 0 unspecified atom stereocenters. The summed E-state index contributed by atoms with van der Waals surface area (Å²) in [5.74, 6) is 0.436. The number of carbonyl (C=O) groups excluding carboxylic acids is 1. The molecule has 1 aliphatic heterocycles. The Labute approximate surface area is 155 Å². The van der Waals surface area contributed by atoms with Crippen LogP contribution in [-0.2, 0) is 11.3 Å². The van der Waals surface area contributed by atoms with Crippen LogP contribution < -0.4 is 15.6 Å². The Morgan fingerprint density at radius 1 is 1.15 bits per heavy atom. The summed E-state index contributed by atoms with van der Waals surface area (Å²) >= 11 is 0. The first-order chi connectivity index (χ1) is 13.2. The zero-order valence-electron chi connectivity index (χ0n) is 14.7. The topological polar surface area (TPSA) is 84.7 Å². The van der Waals surface area contributed by atoms with Crippen LogP contribution in [-0.4, -0.2) is 37.2 Å². The molecule has 1 amide bonds. The Hall–Kier alpha value is -3.19. The molecule has 1 aliphatic rings. The first kappa shape index (κ1) is 17.2. The van der Waals surface area contributed by atoms with Gasteiger partial charge in [-0.05, 0) is 29.8 Å². The van der Waals surface area contributed by atoms with Gasteiger partial charge in [-0.25, -0.2) is 4.98 Å². The van der Waals surface area contributed by atoms with Crippen LogP contribution in [0.3, 0.4) is 0 Å². The van der Waals surface area contributed by atoms with Gasteiger partial charge >= 0.3 is 0 Å². The molecule has 4 rings (SSSR count). The van der Waals surface area contributed by atoms with Gasteiger partial charge in [-0.3, -0.25) is 9.59 Å². The third kappa shape index (κ3) is 3.83. The van der Waals surface area contributed by atoms with Crippen LogP contribution in [0.25, 0.3) is 11.0 Å². The van der Waals surface area contributed by atoms with Crippen molar-refractivity contribution >= 4 is 22.7 Å². The van der Waals surface area contributed by atoms with Gasteiger partial charge in [-0.2, -0.15) is 0 Å². The van der Waals surface area contributed by atoms with Crippen molar-refractivity contribution in [3.63, 3.8) is 0 Å². The lowest BCUT2D eigenvalue weighted by Crippen LogP contribution is -2.36. The van der Waals surface area contributed by atoms with Crippen LogP contribution in [0.5, 0.6) is 0 Å². The highest BCUT2D eigenvalue weighted by atomic mass is 16.5. The number of anilines is 1. The van der Waals surface area contributed by atoms with Crippen molar-refractivity contribution < 1.29 is 13.9 Å². The molecule has 1 N–H and O–H groups in total. The summed E-state index contributed by atoms with van der Waals surface area (Å²) in [4.78, 5) is 31.1. The highest BCUT2D eigenvalue weighted by Gasteiger charge is 2.14. The van der Waals surface area contributed by atoms with Crippen molar-refractivity contribution in [2.24, 2.45) is 0 Å². The number of hydrogen-bond donors (Lipinski definition) is 1. The van der Waals surface area contributed by atoms with Gasteiger partial charge in [0, 0.05) is 31.9 Å². The number of benzene rings is 1. The molecule has 1 fully saturated rings. The van der Waals surface area contributed by atoms with E-state index in [1.165, 1.54) is 6.07 Å². The molecule has 1 saturated heterocycles. The Bertz CT molecular complexity index is 1020. The minimum Gasteiger partial charge on any atom is -0.451 e. The number of aromatic nitrogens is 1. The van der Waals surface area contributed by atoms with E-state index >= 15 is 0 Å². The van der Waals surface area contributed by atoms with Crippen LogP contribution >= 0.6 is 0 Å². The molecule has 138 valence electrons. The number of carbonyl (C=O) groups is 1. The summed E-state index contributed by atoms with van der Waals surface area (Å²) in [6.45, 7) is 3.28. The number of nitrogens with one attached hydrogen (secondary N) is 1.